The van der Waals surface area contributed by atoms with Gasteiger partial charge < -0.3 is 9.67 Å². The molecule has 6 heteroatoms. The van der Waals surface area contributed by atoms with E-state index in [0.29, 0.717) is 21.3 Å². The topological polar surface area (TPSA) is 66.0 Å². The summed E-state index contributed by atoms with van der Waals surface area (Å²) in [4.78, 5) is 11.0. The fourth-order valence-corrected chi connectivity index (χ4v) is 2.63. The van der Waals surface area contributed by atoms with Gasteiger partial charge in [0.15, 0.2) is 0 Å². The summed E-state index contributed by atoms with van der Waals surface area (Å²) in [6.45, 7) is 3.70. The summed E-state index contributed by atoms with van der Waals surface area (Å²) in [7, 11) is 0. The second kappa shape index (κ2) is 6.27. The van der Waals surface area contributed by atoms with Crippen LogP contribution < -0.4 is 0 Å². The smallest absolute Gasteiger partial charge is 0.346 e. The number of rotatable bonds is 3. The number of aromatic nitrogens is 1. The Hall–Kier alpha value is -2.22. The number of aliphatic carboxylic acids is 1. The third-order valence-corrected chi connectivity index (χ3v) is 3.82. The maximum absolute atomic E-state index is 11.0. The maximum Gasteiger partial charge on any atom is 0.346 e. The molecule has 0 aliphatic heterocycles. The third kappa shape index (κ3) is 3.01. The van der Waals surface area contributed by atoms with E-state index in [0.717, 1.165) is 11.4 Å². The zero-order chi connectivity index (χ0) is 16.4. The average molecular weight is 335 g/mol. The van der Waals surface area contributed by atoms with Crippen LogP contribution in [-0.4, -0.2) is 15.6 Å². The number of aryl methyl sites for hydroxylation is 1. The van der Waals surface area contributed by atoms with Crippen molar-refractivity contribution in [2.45, 2.75) is 13.8 Å². The molecule has 0 fully saturated rings. The summed E-state index contributed by atoms with van der Waals surface area (Å²) in [5, 5.41) is 18.9. The minimum absolute atomic E-state index is 0.322. The summed E-state index contributed by atoms with van der Waals surface area (Å²) in [5.74, 6) is -1.26. The molecule has 0 bridgehead atoms. The first kappa shape index (κ1) is 16.2. The zero-order valence-corrected chi connectivity index (χ0v) is 13.4. The Morgan fingerprint density at radius 3 is 2.59 bits per heavy atom. The van der Waals surface area contributed by atoms with Gasteiger partial charge in [0.25, 0.3) is 0 Å². The lowest BCUT2D eigenvalue weighted by atomic mass is 10.1. The number of hydrogen-bond acceptors (Lipinski definition) is 2. The van der Waals surface area contributed by atoms with Gasteiger partial charge in [0.05, 0.1) is 10.7 Å². The van der Waals surface area contributed by atoms with Crippen LogP contribution in [-0.2, 0) is 4.79 Å². The Labute approximate surface area is 137 Å². The van der Waals surface area contributed by atoms with Gasteiger partial charge in [0.1, 0.15) is 11.6 Å². The van der Waals surface area contributed by atoms with Gasteiger partial charge in [-0.3, -0.25) is 0 Å². The number of carboxylic acids is 1. The fourth-order valence-electron chi connectivity index (χ4n) is 2.26. The summed E-state index contributed by atoms with van der Waals surface area (Å²) in [5.41, 5.74) is 2.66. The quantitative estimate of drug-likeness (QED) is 0.668. The Bertz CT molecular complexity index is 829. The molecule has 0 aliphatic rings. The molecule has 0 spiro atoms. The Balaban J connectivity index is 2.65. The summed E-state index contributed by atoms with van der Waals surface area (Å²) >= 11 is 12.2. The molecule has 0 saturated carbocycles. The molecule has 2 rings (SSSR count). The van der Waals surface area contributed by atoms with E-state index in [1.54, 1.807) is 30.3 Å². The number of carbonyl (C=O) groups is 1. The number of benzene rings is 1. The molecule has 2 aromatic rings. The van der Waals surface area contributed by atoms with Crippen molar-refractivity contribution in [1.82, 2.24) is 4.57 Å². The lowest BCUT2D eigenvalue weighted by molar-refractivity contribution is -0.132. The van der Waals surface area contributed by atoms with Crippen LogP contribution in [0.1, 0.15) is 17.0 Å². The molecule has 0 saturated heterocycles. The van der Waals surface area contributed by atoms with E-state index in [-0.39, 0.29) is 5.57 Å². The minimum Gasteiger partial charge on any atom is -0.477 e. The van der Waals surface area contributed by atoms with Gasteiger partial charge in [-0.1, -0.05) is 23.2 Å². The van der Waals surface area contributed by atoms with Crippen molar-refractivity contribution in [2.75, 3.05) is 0 Å². The van der Waals surface area contributed by atoms with Crippen molar-refractivity contribution in [3.05, 3.63) is 56.8 Å². The summed E-state index contributed by atoms with van der Waals surface area (Å²) in [6, 6.07) is 8.60. The number of carboxylic acid groups (broad SMARTS) is 1. The first-order chi connectivity index (χ1) is 10.3. The molecular weight excluding hydrogens is 323 g/mol. The van der Waals surface area contributed by atoms with E-state index in [2.05, 4.69) is 0 Å². The predicted octanol–water partition coefficient (Wildman–Crippen LogP) is 4.39. The number of nitrogens with zero attached hydrogens (tertiary/aromatic N) is 2. The SMILES string of the molecule is Cc1cc(C=C(C#N)C(=O)O)c(C)n1-c1cc(Cl)ccc1Cl. The first-order valence-corrected chi connectivity index (χ1v) is 7.10. The normalized spacial score (nSPS) is 11.3. The van der Waals surface area contributed by atoms with Gasteiger partial charge in [0, 0.05) is 16.4 Å². The van der Waals surface area contributed by atoms with Crippen LogP contribution in [0.25, 0.3) is 11.8 Å². The van der Waals surface area contributed by atoms with E-state index < -0.39 is 5.97 Å². The monoisotopic (exact) mass is 334 g/mol. The lowest BCUT2D eigenvalue weighted by Gasteiger charge is -2.12. The van der Waals surface area contributed by atoms with Crippen LogP contribution >= 0.6 is 23.2 Å². The highest BCUT2D eigenvalue weighted by Crippen LogP contribution is 2.29. The number of hydrogen-bond donors (Lipinski definition) is 1. The predicted molar refractivity (Wildman–Crippen MR) is 86.5 cm³/mol. The minimum atomic E-state index is -1.26. The molecule has 22 heavy (non-hydrogen) atoms. The highest BCUT2D eigenvalue weighted by Gasteiger charge is 2.14. The molecular formula is C16H12Cl2N2O2. The van der Waals surface area contributed by atoms with E-state index in [4.69, 9.17) is 33.6 Å². The molecule has 0 aliphatic carbocycles. The molecule has 1 heterocycles. The molecule has 1 N–H and O–H groups in total. The molecule has 4 nitrogen and oxygen atoms in total. The molecule has 0 unspecified atom stereocenters. The second-order valence-electron chi connectivity index (χ2n) is 4.73. The van der Waals surface area contributed by atoms with Crippen LogP contribution in [0.3, 0.4) is 0 Å². The van der Waals surface area contributed by atoms with E-state index in [9.17, 15) is 4.79 Å². The molecule has 1 aromatic heterocycles. The van der Waals surface area contributed by atoms with Crippen molar-refractivity contribution < 1.29 is 9.90 Å². The molecule has 1 aromatic carbocycles. The Morgan fingerprint density at radius 2 is 2.00 bits per heavy atom. The fraction of sp³-hybridized carbons (Fsp3) is 0.125. The van der Waals surface area contributed by atoms with Crippen molar-refractivity contribution in [3.8, 4) is 11.8 Å². The van der Waals surface area contributed by atoms with Gasteiger partial charge >= 0.3 is 5.97 Å². The van der Waals surface area contributed by atoms with Crippen LogP contribution in [0.15, 0.2) is 29.8 Å². The van der Waals surface area contributed by atoms with Crippen LogP contribution in [0.5, 0.6) is 0 Å². The van der Waals surface area contributed by atoms with Gasteiger partial charge in [-0.25, -0.2) is 4.79 Å². The Kier molecular flexibility index (Phi) is 4.60. The van der Waals surface area contributed by atoms with Crippen molar-refractivity contribution in [3.63, 3.8) is 0 Å². The van der Waals surface area contributed by atoms with Crippen molar-refractivity contribution >= 4 is 35.2 Å². The summed E-state index contributed by atoms with van der Waals surface area (Å²) < 4.78 is 1.87. The van der Waals surface area contributed by atoms with Crippen molar-refractivity contribution in [1.29, 1.82) is 5.26 Å². The largest absolute Gasteiger partial charge is 0.477 e. The highest BCUT2D eigenvalue weighted by molar-refractivity contribution is 6.34. The number of nitriles is 1. The van der Waals surface area contributed by atoms with Crippen LogP contribution in [0, 0.1) is 25.2 Å². The molecule has 0 amide bonds. The van der Waals surface area contributed by atoms with Crippen LogP contribution in [0.2, 0.25) is 10.0 Å². The van der Waals surface area contributed by atoms with E-state index in [1.807, 2.05) is 18.4 Å². The van der Waals surface area contributed by atoms with Crippen LogP contribution in [0.4, 0.5) is 0 Å². The van der Waals surface area contributed by atoms with Gasteiger partial charge in [-0.15, -0.1) is 0 Å². The average Bonchev–Trinajstić information content (AvgIpc) is 2.73. The zero-order valence-electron chi connectivity index (χ0n) is 11.9. The van der Waals surface area contributed by atoms with E-state index >= 15 is 0 Å². The highest BCUT2D eigenvalue weighted by atomic mass is 35.5. The van der Waals surface area contributed by atoms with Gasteiger partial charge in [0.2, 0.25) is 0 Å². The maximum atomic E-state index is 11.0. The van der Waals surface area contributed by atoms with Gasteiger partial charge in [-0.05, 0) is 49.8 Å². The Morgan fingerprint density at radius 1 is 1.32 bits per heavy atom. The standard InChI is InChI=1S/C16H12Cl2N2O2/c1-9-5-11(6-12(8-19)16(21)22)10(2)20(9)15-7-13(17)3-4-14(15)18/h3-7H,1-2H3,(H,21,22). The third-order valence-electron chi connectivity index (χ3n) is 3.27. The summed E-state index contributed by atoms with van der Waals surface area (Å²) in [6.07, 6.45) is 1.35. The molecule has 0 atom stereocenters. The molecule has 0 radical (unpaired) electrons. The second-order valence-corrected chi connectivity index (χ2v) is 5.58. The van der Waals surface area contributed by atoms with Crippen molar-refractivity contribution in [2.24, 2.45) is 0 Å². The molecule has 112 valence electrons. The number of halogens is 2. The van der Waals surface area contributed by atoms with Gasteiger partial charge in [-0.2, -0.15) is 5.26 Å². The lowest BCUT2D eigenvalue weighted by Crippen LogP contribution is -2.01. The first-order valence-electron chi connectivity index (χ1n) is 6.34. The van der Waals surface area contributed by atoms with E-state index in [1.165, 1.54) is 6.08 Å².